The Balaban J connectivity index is 1.52. The van der Waals surface area contributed by atoms with Crippen LogP contribution in [0.4, 0.5) is 5.82 Å². The average Bonchev–Trinajstić information content (AvgIpc) is 3.48. The Bertz CT molecular complexity index is 1320. The molecule has 0 atom stereocenters. The van der Waals surface area contributed by atoms with E-state index in [2.05, 4.69) is 40.5 Å². The molecule has 0 aliphatic rings. The summed E-state index contributed by atoms with van der Waals surface area (Å²) in [5.74, 6) is -0.540. The number of nitrogen functional groups attached to an aromatic ring is 1. The van der Waals surface area contributed by atoms with Gasteiger partial charge in [-0.3, -0.25) is 4.79 Å². The molecule has 2 heterocycles. The van der Waals surface area contributed by atoms with E-state index in [0.29, 0.717) is 22.6 Å². The minimum Gasteiger partial charge on any atom is -0.465 e. The monoisotopic (exact) mass is 478 g/mol. The zero-order valence-corrected chi connectivity index (χ0v) is 18.6. The van der Waals surface area contributed by atoms with E-state index < -0.39 is 11.9 Å². The number of rotatable bonds is 8. The highest BCUT2D eigenvalue weighted by molar-refractivity contribution is 7.98. The highest BCUT2D eigenvalue weighted by atomic mass is 32.2. The van der Waals surface area contributed by atoms with Crippen molar-refractivity contribution >= 4 is 35.7 Å². The number of ether oxygens (including phenoxy) is 1. The second kappa shape index (κ2) is 10.4. The second-order valence-electron chi connectivity index (χ2n) is 6.68. The third-order valence-corrected chi connectivity index (χ3v) is 5.53. The van der Waals surface area contributed by atoms with Crippen LogP contribution >= 0.6 is 11.8 Å². The van der Waals surface area contributed by atoms with Gasteiger partial charge in [0.2, 0.25) is 11.6 Å². The smallest absolute Gasteiger partial charge is 0.337 e. The number of carbonyl (C=O) groups is 2. The lowest BCUT2D eigenvalue weighted by Crippen LogP contribution is -2.20. The predicted molar refractivity (Wildman–Crippen MR) is 122 cm³/mol. The van der Waals surface area contributed by atoms with Crippen molar-refractivity contribution in [3.63, 3.8) is 0 Å². The van der Waals surface area contributed by atoms with Gasteiger partial charge >= 0.3 is 5.97 Å². The Morgan fingerprint density at radius 2 is 1.94 bits per heavy atom. The molecule has 34 heavy (non-hydrogen) atoms. The molecule has 0 aliphatic heterocycles. The molecule has 2 aromatic carbocycles. The average molecular weight is 478 g/mol. The maximum atomic E-state index is 12.8. The number of hydrogen-bond donors (Lipinski definition) is 2. The van der Waals surface area contributed by atoms with Crippen LogP contribution in [0.5, 0.6) is 0 Å². The largest absolute Gasteiger partial charge is 0.465 e. The molecule has 0 fully saturated rings. The van der Waals surface area contributed by atoms with Gasteiger partial charge < -0.3 is 10.5 Å². The van der Waals surface area contributed by atoms with E-state index in [9.17, 15) is 9.59 Å². The molecular formula is C21H18N8O4S. The third-order valence-electron chi connectivity index (χ3n) is 4.50. The second-order valence-corrected chi connectivity index (χ2v) is 7.73. The highest BCUT2D eigenvalue weighted by Gasteiger charge is 2.24. The summed E-state index contributed by atoms with van der Waals surface area (Å²) in [5, 5.41) is 19.3. The number of nitrogens with two attached hydrogens (primary N) is 1. The Hall–Kier alpha value is -4.52. The van der Waals surface area contributed by atoms with Crippen LogP contribution in [0.2, 0.25) is 0 Å². The van der Waals surface area contributed by atoms with Gasteiger partial charge in [-0.2, -0.15) is 9.78 Å². The van der Waals surface area contributed by atoms with Crippen molar-refractivity contribution in [1.82, 2.24) is 30.7 Å². The summed E-state index contributed by atoms with van der Waals surface area (Å²) in [6.07, 6.45) is 1.43. The van der Waals surface area contributed by atoms with Crippen molar-refractivity contribution in [3.05, 3.63) is 77.1 Å². The summed E-state index contributed by atoms with van der Waals surface area (Å²) in [7, 11) is 1.31. The van der Waals surface area contributed by atoms with Crippen LogP contribution in [-0.2, 0) is 10.5 Å². The number of hydrogen-bond acceptors (Lipinski definition) is 11. The molecule has 0 aliphatic carbocycles. The summed E-state index contributed by atoms with van der Waals surface area (Å²) in [4.78, 5) is 25.3. The van der Waals surface area contributed by atoms with Gasteiger partial charge in [-0.15, -0.1) is 16.9 Å². The number of aromatic nitrogens is 5. The summed E-state index contributed by atoms with van der Waals surface area (Å²) < 4.78 is 10.6. The van der Waals surface area contributed by atoms with Gasteiger partial charge in [0.1, 0.15) is 0 Å². The first kappa shape index (κ1) is 22.7. The van der Waals surface area contributed by atoms with Gasteiger partial charge in [0, 0.05) is 10.6 Å². The number of esters is 1. The third kappa shape index (κ3) is 5.10. The normalized spacial score (nSPS) is 11.0. The standard InChI is InChI=1S/C21H18N8O4S/c1-32-21(31)14-9-7-13(8-10-14)11-23-25-20(30)17-16(12-34-15-5-3-2-4-6-15)29(28-24-17)19-18(22)26-33-27-19/h2-11H,12H2,1H3,(H2,22,26)(H,25,30)/b23-11+. The van der Waals surface area contributed by atoms with E-state index in [-0.39, 0.29) is 17.3 Å². The molecular weight excluding hydrogens is 460 g/mol. The number of thioether (sulfide) groups is 1. The van der Waals surface area contributed by atoms with Crippen molar-refractivity contribution in [2.24, 2.45) is 5.10 Å². The number of carbonyl (C=O) groups excluding carboxylic acids is 2. The molecule has 2 aromatic heterocycles. The van der Waals surface area contributed by atoms with E-state index in [1.54, 1.807) is 24.3 Å². The van der Waals surface area contributed by atoms with E-state index >= 15 is 0 Å². The van der Waals surface area contributed by atoms with Gasteiger partial charge in [0.15, 0.2) is 5.69 Å². The predicted octanol–water partition coefficient (Wildman–Crippen LogP) is 2.08. The first-order valence-electron chi connectivity index (χ1n) is 9.79. The van der Waals surface area contributed by atoms with E-state index in [1.165, 1.54) is 29.8 Å². The zero-order chi connectivity index (χ0) is 23.9. The molecule has 3 N–H and O–H groups in total. The molecule has 13 heteroatoms. The molecule has 0 unspecified atom stereocenters. The Labute approximate surface area is 197 Å². The number of benzene rings is 2. The lowest BCUT2D eigenvalue weighted by molar-refractivity contribution is 0.0600. The first-order valence-corrected chi connectivity index (χ1v) is 10.8. The maximum absolute atomic E-state index is 12.8. The maximum Gasteiger partial charge on any atom is 0.337 e. The minimum absolute atomic E-state index is 0.0104. The van der Waals surface area contributed by atoms with Gasteiger partial charge in [-0.05, 0) is 40.1 Å². The topological polar surface area (TPSA) is 163 Å². The van der Waals surface area contributed by atoms with Gasteiger partial charge in [-0.25, -0.2) is 14.8 Å². The van der Waals surface area contributed by atoms with Crippen LogP contribution in [0.15, 0.2) is 69.2 Å². The van der Waals surface area contributed by atoms with Crippen molar-refractivity contribution in [2.75, 3.05) is 12.8 Å². The number of hydrazone groups is 1. The van der Waals surface area contributed by atoms with Gasteiger partial charge in [0.25, 0.3) is 5.91 Å². The quantitative estimate of drug-likeness (QED) is 0.166. The number of amides is 1. The van der Waals surface area contributed by atoms with Crippen LogP contribution in [0, 0.1) is 0 Å². The molecule has 4 aromatic rings. The number of methoxy groups -OCH3 is 1. The summed E-state index contributed by atoms with van der Waals surface area (Å²) in [6, 6.07) is 16.2. The Kier molecular flexibility index (Phi) is 6.93. The molecule has 0 spiro atoms. The molecule has 172 valence electrons. The molecule has 4 rings (SSSR count). The van der Waals surface area contributed by atoms with E-state index in [4.69, 9.17) is 5.73 Å². The molecule has 0 bridgehead atoms. The van der Waals surface area contributed by atoms with Crippen LogP contribution in [0.25, 0.3) is 5.82 Å². The van der Waals surface area contributed by atoms with Gasteiger partial charge in [-0.1, -0.05) is 35.5 Å². The molecule has 0 saturated carbocycles. The van der Waals surface area contributed by atoms with Crippen LogP contribution in [0.1, 0.15) is 32.1 Å². The van der Waals surface area contributed by atoms with E-state index in [1.807, 2.05) is 30.3 Å². The number of nitrogens with zero attached hydrogens (tertiary/aromatic N) is 6. The summed E-state index contributed by atoms with van der Waals surface area (Å²) in [6.45, 7) is 0. The molecule has 1 amide bonds. The molecule has 0 saturated heterocycles. The van der Waals surface area contributed by atoms with Crippen molar-refractivity contribution < 1.29 is 19.0 Å². The fourth-order valence-corrected chi connectivity index (χ4v) is 3.74. The van der Waals surface area contributed by atoms with Crippen LogP contribution in [0.3, 0.4) is 0 Å². The van der Waals surface area contributed by atoms with Crippen molar-refractivity contribution in [2.45, 2.75) is 10.6 Å². The van der Waals surface area contributed by atoms with Crippen molar-refractivity contribution in [1.29, 1.82) is 0 Å². The minimum atomic E-state index is -0.577. The van der Waals surface area contributed by atoms with Crippen LogP contribution < -0.4 is 11.2 Å². The number of anilines is 1. The number of nitrogens with one attached hydrogen (secondary N) is 1. The lowest BCUT2D eigenvalue weighted by Gasteiger charge is -2.05. The molecule has 12 nitrogen and oxygen atoms in total. The zero-order valence-electron chi connectivity index (χ0n) is 17.8. The van der Waals surface area contributed by atoms with E-state index in [0.717, 1.165) is 4.90 Å². The first-order chi connectivity index (χ1) is 16.6. The SMILES string of the molecule is COC(=O)c1ccc(/C=N/NC(=O)c2nnn(-c3nonc3N)c2CSc2ccccc2)cc1. The summed E-state index contributed by atoms with van der Waals surface area (Å²) >= 11 is 1.48. The van der Waals surface area contributed by atoms with Crippen molar-refractivity contribution in [3.8, 4) is 5.82 Å². The fourth-order valence-electron chi connectivity index (χ4n) is 2.83. The lowest BCUT2D eigenvalue weighted by atomic mass is 10.1. The van der Waals surface area contributed by atoms with Crippen LogP contribution in [-0.4, -0.2) is 50.5 Å². The summed E-state index contributed by atoms with van der Waals surface area (Å²) in [5.41, 5.74) is 9.78. The highest BCUT2D eigenvalue weighted by Crippen LogP contribution is 2.25. The van der Waals surface area contributed by atoms with Gasteiger partial charge in [0.05, 0.1) is 24.6 Å². The molecule has 0 radical (unpaired) electrons. The Morgan fingerprint density at radius 1 is 1.18 bits per heavy atom. The Morgan fingerprint density at radius 3 is 2.62 bits per heavy atom. The fraction of sp³-hybridized carbons (Fsp3) is 0.0952.